The lowest BCUT2D eigenvalue weighted by molar-refractivity contribution is -0.132. The molecule has 1 aromatic rings. The van der Waals surface area contributed by atoms with Gasteiger partial charge in [0.1, 0.15) is 11.6 Å². The second-order valence-corrected chi connectivity index (χ2v) is 4.15. The van der Waals surface area contributed by atoms with Gasteiger partial charge in [-0.1, -0.05) is 24.3 Å². The molecule has 0 radical (unpaired) electrons. The molecular formula is C12H8INO2. The van der Waals surface area contributed by atoms with Crippen LogP contribution in [0.4, 0.5) is 0 Å². The summed E-state index contributed by atoms with van der Waals surface area (Å²) in [4.78, 5) is 10.5. The molecule has 4 heteroatoms. The molecule has 0 heterocycles. The van der Waals surface area contributed by atoms with Crippen molar-refractivity contribution in [1.29, 1.82) is 5.26 Å². The van der Waals surface area contributed by atoms with Gasteiger partial charge in [-0.25, -0.2) is 4.79 Å². The van der Waals surface area contributed by atoms with Crippen LogP contribution in [0.5, 0.6) is 0 Å². The van der Waals surface area contributed by atoms with Crippen molar-refractivity contribution in [3.05, 3.63) is 51.1 Å². The first-order valence-corrected chi connectivity index (χ1v) is 5.48. The Balaban J connectivity index is 2.79. The first-order valence-electron chi connectivity index (χ1n) is 4.41. The van der Waals surface area contributed by atoms with Gasteiger partial charge >= 0.3 is 5.97 Å². The van der Waals surface area contributed by atoms with E-state index < -0.39 is 5.97 Å². The van der Waals surface area contributed by atoms with Crippen molar-refractivity contribution in [2.24, 2.45) is 0 Å². The molecule has 1 aromatic carbocycles. The van der Waals surface area contributed by atoms with Gasteiger partial charge in [0, 0.05) is 3.57 Å². The third-order valence-electron chi connectivity index (χ3n) is 1.77. The van der Waals surface area contributed by atoms with Gasteiger partial charge in [-0.05, 0) is 46.4 Å². The minimum atomic E-state index is -1.21. The maximum Gasteiger partial charge on any atom is 0.346 e. The fraction of sp³-hybridized carbons (Fsp3) is 0. The highest BCUT2D eigenvalue weighted by atomic mass is 127. The van der Waals surface area contributed by atoms with E-state index in [-0.39, 0.29) is 5.57 Å². The summed E-state index contributed by atoms with van der Waals surface area (Å²) in [6.07, 6.45) is 4.57. The molecule has 0 aromatic heterocycles. The SMILES string of the molecule is N#C/C(=C\C=C\c1ccc(I)cc1)C(=O)O. The minimum absolute atomic E-state index is 0.276. The van der Waals surface area contributed by atoms with Crippen LogP contribution < -0.4 is 0 Å². The van der Waals surface area contributed by atoms with Gasteiger partial charge in [0.2, 0.25) is 0 Å². The highest BCUT2D eigenvalue weighted by Gasteiger charge is 2.02. The van der Waals surface area contributed by atoms with E-state index in [0.717, 1.165) is 9.13 Å². The first-order chi connectivity index (χ1) is 7.63. The lowest BCUT2D eigenvalue weighted by Gasteiger charge is -1.92. The summed E-state index contributed by atoms with van der Waals surface area (Å²) >= 11 is 2.20. The van der Waals surface area contributed by atoms with Crippen molar-refractivity contribution in [2.75, 3.05) is 0 Å². The van der Waals surface area contributed by atoms with Crippen LogP contribution >= 0.6 is 22.6 Å². The second kappa shape index (κ2) is 6.08. The quantitative estimate of drug-likeness (QED) is 0.402. The minimum Gasteiger partial charge on any atom is -0.477 e. The van der Waals surface area contributed by atoms with E-state index in [9.17, 15) is 4.79 Å². The van der Waals surface area contributed by atoms with Crippen LogP contribution in [0.3, 0.4) is 0 Å². The molecule has 0 bridgehead atoms. The van der Waals surface area contributed by atoms with Crippen LogP contribution in [0.2, 0.25) is 0 Å². The Morgan fingerprint density at radius 2 is 2.00 bits per heavy atom. The largest absolute Gasteiger partial charge is 0.477 e. The van der Waals surface area contributed by atoms with Gasteiger partial charge in [0.25, 0.3) is 0 Å². The zero-order valence-electron chi connectivity index (χ0n) is 8.22. The molecule has 0 saturated carbocycles. The Hall–Kier alpha value is -1.61. The smallest absolute Gasteiger partial charge is 0.346 e. The van der Waals surface area contributed by atoms with Crippen LogP contribution in [0.15, 0.2) is 42.0 Å². The van der Waals surface area contributed by atoms with Crippen molar-refractivity contribution in [3.8, 4) is 6.07 Å². The summed E-state index contributed by atoms with van der Waals surface area (Å²) in [5.41, 5.74) is 0.682. The topological polar surface area (TPSA) is 61.1 Å². The van der Waals surface area contributed by atoms with E-state index in [2.05, 4.69) is 22.6 Å². The molecule has 1 rings (SSSR count). The highest BCUT2D eigenvalue weighted by Crippen LogP contribution is 2.08. The number of nitriles is 1. The van der Waals surface area contributed by atoms with E-state index >= 15 is 0 Å². The van der Waals surface area contributed by atoms with Crippen LogP contribution in [0, 0.1) is 14.9 Å². The zero-order valence-corrected chi connectivity index (χ0v) is 10.4. The standard InChI is InChI=1S/C12H8INO2/c13-11-6-4-9(5-7-11)2-1-3-10(8-14)12(15)16/h1-7H,(H,15,16)/b2-1+,10-3+. The fourth-order valence-corrected chi connectivity index (χ4v) is 1.35. The van der Waals surface area contributed by atoms with Crippen LogP contribution in [0.25, 0.3) is 6.08 Å². The monoisotopic (exact) mass is 325 g/mol. The Morgan fingerprint density at radius 3 is 2.50 bits per heavy atom. The zero-order chi connectivity index (χ0) is 12.0. The van der Waals surface area contributed by atoms with Crippen molar-refractivity contribution in [2.45, 2.75) is 0 Å². The summed E-state index contributed by atoms with van der Waals surface area (Å²) in [7, 11) is 0. The molecule has 0 saturated heterocycles. The Kier molecular flexibility index (Phi) is 4.73. The average molecular weight is 325 g/mol. The Morgan fingerprint density at radius 1 is 1.38 bits per heavy atom. The molecule has 0 aliphatic carbocycles. The summed E-state index contributed by atoms with van der Waals surface area (Å²) in [6, 6.07) is 9.34. The molecule has 0 spiro atoms. The van der Waals surface area contributed by atoms with Gasteiger partial charge < -0.3 is 5.11 Å². The Labute approximate surface area is 107 Å². The molecule has 0 unspecified atom stereocenters. The predicted molar refractivity (Wildman–Crippen MR) is 69.5 cm³/mol. The molecule has 3 nitrogen and oxygen atoms in total. The van der Waals surface area contributed by atoms with E-state index in [0.29, 0.717) is 0 Å². The number of hydrogen-bond donors (Lipinski definition) is 1. The second-order valence-electron chi connectivity index (χ2n) is 2.91. The molecule has 0 fully saturated rings. The van der Waals surface area contributed by atoms with Gasteiger partial charge in [0.05, 0.1) is 0 Å². The molecule has 0 aliphatic heterocycles. The lowest BCUT2D eigenvalue weighted by atomic mass is 10.2. The summed E-state index contributed by atoms with van der Waals surface area (Å²) in [6.45, 7) is 0. The normalized spacial score (nSPS) is 11.4. The third-order valence-corrected chi connectivity index (χ3v) is 2.49. The predicted octanol–water partition coefficient (Wildman–Crippen LogP) is 2.84. The number of halogens is 1. The third kappa shape index (κ3) is 3.87. The first kappa shape index (κ1) is 12.5. The van der Waals surface area contributed by atoms with Gasteiger partial charge in [0.15, 0.2) is 0 Å². The molecule has 1 N–H and O–H groups in total. The van der Waals surface area contributed by atoms with E-state index in [1.807, 2.05) is 24.3 Å². The number of carbonyl (C=O) groups is 1. The number of hydrogen-bond acceptors (Lipinski definition) is 2. The number of carboxylic acid groups (broad SMARTS) is 1. The Bertz CT molecular complexity index is 481. The van der Waals surface area contributed by atoms with Gasteiger partial charge in [-0.15, -0.1) is 0 Å². The van der Waals surface area contributed by atoms with Crippen molar-refractivity contribution < 1.29 is 9.90 Å². The number of allylic oxidation sites excluding steroid dienone is 2. The van der Waals surface area contributed by atoms with Crippen molar-refractivity contribution in [3.63, 3.8) is 0 Å². The van der Waals surface area contributed by atoms with Gasteiger partial charge in [-0.2, -0.15) is 5.26 Å². The number of aliphatic carboxylic acids is 1. The summed E-state index contributed by atoms with van der Waals surface area (Å²) < 4.78 is 1.13. The molecule has 0 aliphatic rings. The average Bonchev–Trinajstić information content (AvgIpc) is 2.26. The fourth-order valence-electron chi connectivity index (χ4n) is 0.986. The maximum atomic E-state index is 10.5. The molecular weight excluding hydrogens is 317 g/mol. The van der Waals surface area contributed by atoms with Crippen LogP contribution in [-0.2, 0) is 4.79 Å². The van der Waals surface area contributed by atoms with E-state index in [4.69, 9.17) is 10.4 Å². The van der Waals surface area contributed by atoms with Crippen LogP contribution in [0.1, 0.15) is 5.56 Å². The van der Waals surface area contributed by atoms with E-state index in [1.165, 1.54) is 6.08 Å². The highest BCUT2D eigenvalue weighted by molar-refractivity contribution is 14.1. The summed E-state index contributed by atoms with van der Waals surface area (Å²) in [5, 5.41) is 17.1. The number of benzene rings is 1. The molecule has 0 atom stereocenters. The number of rotatable bonds is 3. The van der Waals surface area contributed by atoms with E-state index in [1.54, 1.807) is 18.2 Å². The van der Waals surface area contributed by atoms with Crippen molar-refractivity contribution >= 4 is 34.6 Å². The number of carboxylic acids is 1. The van der Waals surface area contributed by atoms with Crippen LogP contribution in [-0.4, -0.2) is 11.1 Å². The maximum absolute atomic E-state index is 10.5. The van der Waals surface area contributed by atoms with Gasteiger partial charge in [-0.3, -0.25) is 0 Å². The lowest BCUT2D eigenvalue weighted by Crippen LogP contribution is -1.96. The van der Waals surface area contributed by atoms with Crippen molar-refractivity contribution in [1.82, 2.24) is 0 Å². The molecule has 80 valence electrons. The number of nitrogens with zero attached hydrogens (tertiary/aromatic N) is 1. The summed E-state index contributed by atoms with van der Waals surface area (Å²) in [5.74, 6) is -1.21. The molecule has 0 amide bonds. The molecule has 16 heavy (non-hydrogen) atoms.